The van der Waals surface area contributed by atoms with E-state index in [2.05, 4.69) is 22.5 Å². The normalized spacial score (nSPS) is 10.5. The van der Waals surface area contributed by atoms with Crippen LogP contribution in [0.1, 0.15) is 30.3 Å². The number of rotatable bonds is 9. The van der Waals surface area contributed by atoms with Crippen LogP contribution in [0.15, 0.2) is 52.5 Å². The molecule has 2 aromatic heterocycles. The summed E-state index contributed by atoms with van der Waals surface area (Å²) in [6, 6.07) is 10.9. The van der Waals surface area contributed by atoms with E-state index < -0.39 is 0 Å². The first-order valence-corrected chi connectivity index (χ1v) is 9.84. The average Bonchev–Trinajstić information content (AvgIpc) is 3.39. The van der Waals surface area contributed by atoms with Crippen LogP contribution in [0.3, 0.4) is 0 Å². The van der Waals surface area contributed by atoms with Gasteiger partial charge in [0.25, 0.3) is 5.91 Å². The van der Waals surface area contributed by atoms with Gasteiger partial charge in [0.1, 0.15) is 5.75 Å². The minimum Gasteiger partial charge on any atom is -0.494 e. The van der Waals surface area contributed by atoms with Gasteiger partial charge in [0.15, 0.2) is 10.9 Å². The van der Waals surface area contributed by atoms with E-state index in [0.717, 1.165) is 23.4 Å². The smallest absolute Gasteiger partial charge is 0.286 e. The van der Waals surface area contributed by atoms with Gasteiger partial charge in [-0.25, -0.2) is 4.98 Å². The van der Waals surface area contributed by atoms with Gasteiger partial charge in [-0.05, 0) is 42.8 Å². The van der Waals surface area contributed by atoms with Gasteiger partial charge < -0.3 is 19.8 Å². The molecule has 0 radical (unpaired) electrons. The predicted molar refractivity (Wildman–Crippen MR) is 108 cm³/mol. The van der Waals surface area contributed by atoms with Crippen LogP contribution in [0.2, 0.25) is 0 Å². The molecule has 0 fully saturated rings. The lowest BCUT2D eigenvalue weighted by molar-refractivity contribution is -0.116. The molecule has 3 aromatic rings. The molecule has 8 heteroatoms. The molecule has 0 saturated heterocycles. The maximum absolute atomic E-state index is 12.0. The van der Waals surface area contributed by atoms with Crippen molar-refractivity contribution in [3.8, 4) is 17.0 Å². The van der Waals surface area contributed by atoms with E-state index in [-0.39, 0.29) is 30.5 Å². The number of thiazole rings is 1. The Morgan fingerprint density at radius 2 is 2.04 bits per heavy atom. The largest absolute Gasteiger partial charge is 0.494 e. The van der Waals surface area contributed by atoms with Crippen LogP contribution in [-0.2, 0) is 4.79 Å². The Labute approximate surface area is 166 Å². The van der Waals surface area contributed by atoms with E-state index in [1.165, 1.54) is 17.6 Å². The number of nitrogens with one attached hydrogen (secondary N) is 2. The standard InChI is InChI=1S/C20H21N3O4S/c1-2-11-26-15-7-5-14(6-8-15)16-13-28-20(22-16)23-18(24)9-10-21-19(25)17-4-3-12-27-17/h3-8,12-13H,2,9-11H2,1H3,(H,21,25)(H,22,23,24). The quantitative estimate of drug-likeness (QED) is 0.568. The zero-order chi connectivity index (χ0) is 19.8. The summed E-state index contributed by atoms with van der Waals surface area (Å²) in [5.41, 5.74) is 1.74. The number of anilines is 1. The highest BCUT2D eigenvalue weighted by Gasteiger charge is 2.11. The lowest BCUT2D eigenvalue weighted by atomic mass is 10.2. The number of nitrogens with zero attached hydrogens (tertiary/aromatic N) is 1. The van der Waals surface area contributed by atoms with Gasteiger partial charge in [-0.15, -0.1) is 11.3 Å². The van der Waals surface area contributed by atoms with Crippen LogP contribution in [-0.4, -0.2) is 29.9 Å². The van der Waals surface area contributed by atoms with Crippen LogP contribution in [0, 0.1) is 0 Å². The Morgan fingerprint density at radius 1 is 1.21 bits per heavy atom. The second-order valence-corrected chi connectivity index (χ2v) is 6.80. The third kappa shape index (κ3) is 5.43. The third-order valence-corrected chi connectivity index (χ3v) is 4.51. The Bertz CT molecular complexity index is 904. The average molecular weight is 399 g/mol. The number of ether oxygens (including phenoxy) is 1. The number of hydrogen-bond donors (Lipinski definition) is 2. The van der Waals surface area contributed by atoms with E-state index in [4.69, 9.17) is 9.15 Å². The molecule has 0 unspecified atom stereocenters. The Kier molecular flexibility index (Phi) is 6.80. The molecular weight excluding hydrogens is 378 g/mol. The van der Waals surface area contributed by atoms with Gasteiger partial charge in [0.2, 0.25) is 5.91 Å². The van der Waals surface area contributed by atoms with Crippen molar-refractivity contribution in [1.82, 2.24) is 10.3 Å². The molecule has 0 spiro atoms. The van der Waals surface area contributed by atoms with E-state index >= 15 is 0 Å². The van der Waals surface area contributed by atoms with Gasteiger partial charge in [0, 0.05) is 23.9 Å². The highest BCUT2D eigenvalue weighted by molar-refractivity contribution is 7.14. The number of carbonyl (C=O) groups excluding carboxylic acids is 2. The van der Waals surface area contributed by atoms with Gasteiger partial charge in [0.05, 0.1) is 18.6 Å². The van der Waals surface area contributed by atoms with Gasteiger partial charge in [-0.3, -0.25) is 9.59 Å². The maximum atomic E-state index is 12.0. The Balaban J connectivity index is 1.47. The summed E-state index contributed by atoms with van der Waals surface area (Å²) in [5, 5.41) is 7.78. The molecule has 0 saturated carbocycles. The molecule has 0 aliphatic rings. The second kappa shape index (κ2) is 9.70. The van der Waals surface area contributed by atoms with Crippen LogP contribution < -0.4 is 15.4 Å². The highest BCUT2D eigenvalue weighted by Crippen LogP contribution is 2.26. The summed E-state index contributed by atoms with van der Waals surface area (Å²) in [4.78, 5) is 28.2. The van der Waals surface area contributed by atoms with Crippen molar-refractivity contribution in [3.05, 3.63) is 53.8 Å². The molecule has 0 aliphatic heterocycles. The summed E-state index contributed by atoms with van der Waals surface area (Å²) in [5.74, 6) is 0.478. The molecule has 3 rings (SSSR count). The first kappa shape index (κ1) is 19.6. The molecule has 0 aliphatic carbocycles. The summed E-state index contributed by atoms with van der Waals surface area (Å²) >= 11 is 1.35. The molecule has 0 atom stereocenters. The summed E-state index contributed by atoms with van der Waals surface area (Å²) < 4.78 is 10.6. The van der Waals surface area contributed by atoms with Gasteiger partial charge >= 0.3 is 0 Å². The number of hydrogen-bond acceptors (Lipinski definition) is 6. The van der Waals surface area contributed by atoms with Crippen molar-refractivity contribution in [2.75, 3.05) is 18.5 Å². The molecule has 2 heterocycles. The molecule has 7 nitrogen and oxygen atoms in total. The van der Waals surface area contributed by atoms with Crippen molar-refractivity contribution >= 4 is 28.3 Å². The monoisotopic (exact) mass is 399 g/mol. The minimum absolute atomic E-state index is 0.144. The van der Waals surface area contributed by atoms with Crippen LogP contribution in [0.5, 0.6) is 5.75 Å². The first-order chi connectivity index (χ1) is 13.7. The van der Waals surface area contributed by atoms with Gasteiger partial charge in [-0.2, -0.15) is 0 Å². The van der Waals surface area contributed by atoms with Crippen molar-refractivity contribution < 1.29 is 18.7 Å². The molecule has 146 valence electrons. The summed E-state index contributed by atoms with van der Waals surface area (Å²) in [6.07, 6.45) is 2.53. The van der Waals surface area contributed by atoms with E-state index in [1.54, 1.807) is 12.1 Å². The second-order valence-electron chi connectivity index (χ2n) is 5.94. The Morgan fingerprint density at radius 3 is 2.75 bits per heavy atom. The Hall–Kier alpha value is -3.13. The van der Waals surface area contributed by atoms with Gasteiger partial charge in [-0.1, -0.05) is 6.92 Å². The summed E-state index contributed by atoms with van der Waals surface area (Å²) in [7, 11) is 0. The van der Waals surface area contributed by atoms with E-state index in [9.17, 15) is 9.59 Å². The third-order valence-electron chi connectivity index (χ3n) is 3.76. The zero-order valence-corrected chi connectivity index (χ0v) is 16.3. The molecule has 2 amide bonds. The minimum atomic E-state index is -0.347. The van der Waals surface area contributed by atoms with E-state index in [0.29, 0.717) is 11.7 Å². The molecule has 28 heavy (non-hydrogen) atoms. The molecule has 2 N–H and O–H groups in total. The number of aromatic nitrogens is 1. The lowest BCUT2D eigenvalue weighted by Gasteiger charge is -2.05. The summed E-state index contributed by atoms with van der Waals surface area (Å²) in [6.45, 7) is 2.96. The number of benzene rings is 1. The fourth-order valence-electron chi connectivity index (χ4n) is 2.37. The fourth-order valence-corrected chi connectivity index (χ4v) is 3.11. The maximum Gasteiger partial charge on any atom is 0.286 e. The number of furan rings is 1. The fraction of sp³-hybridized carbons (Fsp3) is 0.250. The molecule has 1 aromatic carbocycles. The van der Waals surface area contributed by atoms with Crippen molar-refractivity contribution in [3.63, 3.8) is 0 Å². The molecular formula is C20H21N3O4S. The zero-order valence-electron chi connectivity index (χ0n) is 15.4. The van der Waals surface area contributed by atoms with E-state index in [1.807, 2.05) is 29.6 Å². The topological polar surface area (TPSA) is 93.5 Å². The molecule has 0 bridgehead atoms. The number of carbonyl (C=O) groups is 2. The SMILES string of the molecule is CCCOc1ccc(-c2csc(NC(=O)CCNC(=O)c3ccco3)n2)cc1. The number of amides is 2. The van der Waals surface area contributed by atoms with Crippen molar-refractivity contribution in [2.24, 2.45) is 0 Å². The van der Waals surface area contributed by atoms with Crippen molar-refractivity contribution in [2.45, 2.75) is 19.8 Å². The predicted octanol–water partition coefficient (Wildman–Crippen LogP) is 3.95. The van der Waals surface area contributed by atoms with Crippen LogP contribution in [0.4, 0.5) is 5.13 Å². The van der Waals surface area contributed by atoms with Crippen LogP contribution >= 0.6 is 11.3 Å². The van der Waals surface area contributed by atoms with Crippen LogP contribution in [0.25, 0.3) is 11.3 Å². The highest BCUT2D eigenvalue weighted by atomic mass is 32.1. The first-order valence-electron chi connectivity index (χ1n) is 8.96. The lowest BCUT2D eigenvalue weighted by Crippen LogP contribution is -2.27. The van der Waals surface area contributed by atoms with Crippen molar-refractivity contribution in [1.29, 1.82) is 0 Å².